The van der Waals surface area contributed by atoms with E-state index in [9.17, 15) is 26.7 Å². The van der Waals surface area contributed by atoms with Crippen LogP contribution in [-0.2, 0) is 19.8 Å². The number of fused-ring (bicyclic) bond motifs is 1. The van der Waals surface area contributed by atoms with E-state index in [2.05, 4.69) is 10.2 Å². The van der Waals surface area contributed by atoms with Crippen molar-refractivity contribution < 1.29 is 22.0 Å². The average molecular weight is 533 g/mol. The molecule has 0 amide bonds. The van der Waals surface area contributed by atoms with Crippen LogP contribution in [0, 0.1) is 5.92 Å². The molecule has 0 unspecified atom stereocenters. The molecular weight excluding hydrogens is 507 g/mol. The van der Waals surface area contributed by atoms with Crippen molar-refractivity contribution in [2.75, 3.05) is 13.1 Å². The van der Waals surface area contributed by atoms with Gasteiger partial charge in [0.05, 0.1) is 29.9 Å². The number of likely N-dealkylation sites (tertiary alicyclic amines) is 1. The molecule has 1 aromatic carbocycles. The number of rotatable bonds is 6. The lowest BCUT2D eigenvalue weighted by atomic mass is 9.72. The zero-order chi connectivity index (χ0) is 26.8. The van der Waals surface area contributed by atoms with Gasteiger partial charge in [0.1, 0.15) is 12.2 Å². The number of pyridine rings is 1. The molecule has 0 radical (unpaired) electrons. The van der Waals surface area contributed by atoms with Gasteiger partial charge in [0, 0.05) is 31.9 Å². The molecule has 1 saturated carbocycles. The van der Waals surface area contributed by atoms with Gasteiger partial charge < -0.3 is 4.57 Å². The van der Waals surface area contributed by atoms with Crippen molar-refractivity contribution in [3.05, 3.63) is 82.1 Å². The highest BCUT2D eigenvalue weighted by Crippen LogP contribution is 2.43. The van der Waals surface area contributed by atoms with Gasteiger partial charge in [-0.2, -0.15) is 13.2 Å². The number of alkyl halides is 5. The first-order chi connectivity index (χ1) is 18.0. The fourth-order valence-corrected chi connectivity index (χ4v) is 5.57. The smallest absolute Gasteiger partial charge is 0.320 e. The van der Waals surface area contributed by atoms with Gasteiger partial charge in [-0.3, -0.25) is 13.9 Å². The minimum atomic E-state index is -4.73. The molecule has 1 atom stereocenters. The summed E-state index contributed by atoms with van der Waals surface area (Å²) in [5.74, 6) is -1.76. The second-order valence-electron chi connectivity index (χ2n) is 10.4. The predicted octanol–water partition coefficient (Wildman–Crippen LogP) is 4.62. The maximum absolute atomic E-state index is 14.0. The number of hydrogen-bond acceptors (Lipinski definition) is 4. The lowest BCUT2D eigenvalue weighted by molar-refractivity contribution is -0.138. The third-order valence-electron chi connectivity index (χ3n) is 7.60. The summed E-state index contributed by atoms with van der Waals surface area (Å²) in [5, 5.41) is 8.32. The van der Waals surface area contributed by atoms with Gasteiger partial charge in [-0.25, -0.2) is 13.6 Å². The van der Waals surface area contributed by atoms with Gasteiger partial charge in [0.2, 0.25) is 0 Å². The van der Waals surface area contributed by atoms with Gasteiger partial charge in [-0.15, -0.1) is 10.2 Å². The Balaban J connectivity index is 1.43. The van der Waals surface area contributed by atoms with E-state index < -0.39 is 36.4 Å². The monoisotopic (exact) mass is 532 g/mol. The number of imidazole rings is 1. The molecule has 2 aliphatic rings. The second kappa shape index (κ2) is 8.75. The summed E-state index contributed by atoms with van der Waals surface area (Å²) in [7, 11) is 1.87. The normalized spacial score (nSPS) is 18.9. The molecule has 1 aliphatic heterocycles. The van der Waals surface area contributed by atoms with Crippen LogP contribution in [-0.4, -0.2) is 47.6 Å². The third-order valence-corrected chi connectivity index (χ3v) is 7.60. The molecule has 2 fully saturated rings. The van der Waals surface area contributed by atoms with Gasteiger partial charge >= 0.3 is 11.9 Å². The summed E-state index contributed by atoms with van der Waals surface area (Å²) in [6.45, 7) is -1.16. The van der Waals surface area contributed by atoms with E-state index in [0.717, 1.165) is 41.1 Å². The molecule has 0 N–H and O–H groups in total. The molecule has 0 spiro atoms. The highest BCUT2D eigenvalue weighted by molar-refractivity contribution is 5.58. The van der Waals surface area contributed by atoms with Crippen LogP contribution in [0.1, 0.15) is 47.7 Å². The molecule has 7 nitrogen and oxygen atoms in total. The summed E-state index contributed by atoms with van der Waals surface area (Å²) in [6.07, 6.45) is 2.55. The molecule has 200 valence electrons. The van der Waals surface area contributed by atoms with Crippen molar-refractivity contribution in [2.24, 2.45) is 13.0 Å². The topological polar surface area (TPSA) is 60.4 Å². The maximum atomic E-state index is 14.0. The maximum Gasteiger partial charge on any atom is 0.418 e. The number of halogens is 5. The number of aryl methyl sites for hydroxylation is 1. The first kappa shape index (κ1) is 24.8. The summed E-state index contributed by atoms with van der Waals surface area (Å²) >= 11 is 0. The zero-order valence-electron chi connectivity index (χ0n) is 20.5. The van der Waals surface area contributed by atoms with Crippen LogP contribution in [0.3, 0.4) is 0 Å². The van der Waals surface area contributed by atoms with Crippen LogP contribution >= 0.6 is 0 Å². The minimum absolute atomic E-state index is 0.0593. The quantitative estimate of drug-likeness (QED) is 0.340. The van der Waals surface area contributed by atoms with Crippen molar-refractivity contribution in [1.82, 2.24) is 28.6 Å². The molecule has 3 aromatic heterocycles. The van der Waals surface area contributed by atoms with E-state index in [4.69, 9.17) is 0 Å². The van der Waals surface area contributed by atoms with Crippen molar-refractivity contribution >= 4 is 5.52 Å². The van der Waals surface area contributed by atoms with Crippen LogP contribution < -0.4 is 5.69 Å². The lowest BCUT2D eigenvalue weighted by Crippen LogP contribution is -2.55. The van der Waals surface area contributed by atoms with Crippen LogP contribution in [0.4, 0.5) is 22.0 Å². The summed E-state index contributed by atoms with van der Waals surface area (Å²) < 4.78 is 72.6. The average Bonchev–Trinajstić information content (AvgIpc) is 3.37. The van der Waals surface area contributed by atoms with E-state index in [-0.39, 0.29) is 23.5 Å². The first-order valence-corrected chi connectivity index (χ1v) is 12.4. The van der Waals surface area contributed by atoms with Gasteiger partial charge in [0.25, 0.3) is 5.92 Å². The molecule has 1 aliphatic carbocycles. The second-order valence-corrected chi connectivity index (χ2v) is 10.4. The molecular formula is C26H25F5N6O. The fourth-order valence-electron chi connectivity index (χ4n) is 5.57. The van der Waals surface area contributed by atoms with E-state index in [1.165, 1.54) is 21.9 Å². The fraction of sp³-hybridized carbons (Fsp3) is 0.423. The number of nitrogens with zero attached hydrogens (tertiary/aromatic N) is 6. The standard InChI is InChI=1S/C26H25F5N6O/c1-34-15-32-33-23(34)22(17-4-2-5-17)18-6-3-7-19(9-18)36-12-21-20(26(29,30)31)8-16(11-37(21)24(36)38)10-35-13-25(27,28)14-35/h3,6-9,11-12,15,17,22H,2,4-5,10,13-14H2,1H3/t22-/m1/s1. The Morgan fingerprint density at radius 2 is 1.89 bits per heavy atom. The largest absolute Gasteiger partial charge is 0.418 e. The third kappa shape index (κ3) is 4.30. The molecule has 6 rings (SSSR count). The molecule has 38 heavy (non-hydrogen) atoms. The molecule has 4 aromatic rings. The Kier molecular flexibility index (Phi) is 5.71. The first-order valence-electron chi connectivity index (χ1n) is 12.4. The van der Waals surface area contributed by atoms with Crippen molar-refractivity contribution in [3.63, 3.8) is 0 Å². The molecule has 4 heterocycles. The SMILES string of the molecule is Cn1cnnc1[C@@H](c1cccc(-n2cc3c(C(F)(F)F)cc(CN4CC(F)(F)C4)cn3c2=O)c1)C1CCC1. The van der Waals surface area contributed by atoms with E-state index >= 15 is 0 Å². The van der Waals surface area contributed by atoms with Crippen molar-refractivity contribution in [3.8, 4) is 5.69 Å². The number of aromatic nitrogens is 5. The summed E-state index contributed by atoms with van der Waals surface area (Å²) in [5.41, 5.74) is -0.477. The van der Waals surface area contributed by atoms with Crippen molar-refractivity contribution in [2.45, 2.75) is 43.8 Å². The van der Waals surface area contributed by atoms with E-state index in [1.54, 1.807) is 18.5 Å². The van der Waals surface area contributed by atoms with Crippen LogP contribution in [0.2, 0.25) is 0 Å². The highest BCUT2D eigenvalue weighted by Gasteiger charge is 2.44. The lowest BCUT2D eigenvalue weighted by Gasteiger charge is -2.38. The number of benzene rings is 1. The zero-order valence-corrected chi connectivity index (χ0v) is 20.5. The van der Waals surface area contributed by atoms with Gasteiger partial charge in [0.15, 0.2) is 0 Å². The van der Waals surface area contributed by atoms with Gasteiger partial charge in [-0.1, -0.05) is 18.6 Å². The molecule has 1 saturated heterocycles. The van der Waals surface area contributed by atoms with E-state index in [1.807, 2.05) is 23.7 Å². The minimum Gasteiger partial charge on any atom is -0.320 e. The Morgan fingerprint density at radius 3 is 2.50 bits per heavy atom. The highest BCUT2D eigenvalue weighted by atomic mass is 19.4. The Bertz CT molecular complexity index is 1560. The Morgan fingerprint density at radius 1 is 1.13 bits per heavy atom. The van der Waals surface area contributed by atoms with Crippen LogP contribution in [0.5, 0.6) is 0 Å². The van der Waals surface area contributed by atoms with Gasteiger partial charge in [-0.05, 0) is 48.1 Å². The predicted molar refractivity (Wildman–Crippen MR) is 128 cm³/mol. The summed E-state index contributed by atoms with van der Waals surface area (Å²) in [4.78, 5) is 14.7. The molecule has 12 heteroatoms. The number of hydrogen-bond donors (Lipinski definition) is 0. The molecule has 0 bridgehead atoms. The van der Waals surface area contributed by atoms with E-state index in [0.29, 0.717) is 11.6 Å². The Labute approximate surface area is 214 Å². The summed E-state index contributed by atoms with van der Waals surface area (Å²) in [6, 6.07) is 8.14. The van der Waals surface area contributed by atoms with Crippen molar-refractivity contribution in [1.29, 1.82) is 0 Å². The van der Waals surface area contributed by atoms with Crippen LogP contribution in [0.15, 0.2) is 53.8 Å². The van der Waals surface area contributed by atoms with Crippen LogP contribution in [0.25, 0.3) is 11.2 Å². The Hall–Kier alpha value is -3.54.